The Balaban J connectivity index is 2.02. The second kappa shape index (κ2) is 6.84. The summed E-state index contributed by atoms with van der Waals surface area (Å²) in [6.45, 7) is 0.917. The van der Waals surface area contributed by atoms with Crippen LogP contribution in [0.15, 0.2) is 18.2 Å². The van der Waals surface area contributed by atoms with E-state index in [0.29, 0.717) is 48.8 Å². The lowest BCUT2D eigenvalue weighted by atomic mass is 9.93. The van der Waals surface area contributed by atoms with Gasteiger partial charge in [0.15, 0.2) is 0 Å². The van der Waals surface area contributed by atoms with E-state index in [2.05, 4.69) is 0 Å². The first-order valence-electron chi connectivity index (χ1n) is 7.90. The third-order valence-electron chi connectivity index (χ3n) is 4.99. The van der Waals surface area contributed by atoms with E-state index in [-0.39, 0.29) is 4.99 Å². The van der Waals surface area contributed by atoms with Crippen molar-refractivity contribution < 1.29 is 18.4 Å². The topological polar surface area (TPSA) is 77.9 Å². The Bertz CT molecular complexity index is 779. The highest BCUT2D eigenvalue weighted by Gasteiger charge is 2.47. The zero-order valence-corrected chi connectivity index (χ0v) is 14.7. The highest BCUT2D eigenvalue weighted by Crippen LogP contribution is 2.37. The molecule has 1 aliphatic carbocycles. The Hall–Kier alpha value is -1.41. The fraction of sp³-hybridized carbons (Fsp3) is 0.500. The second-order valence-corrected chi connectivity index (χ2v) is 7.61. The number of amides is 1. The van der Waals surface area contributed by atoms with Gasteiger partial charge in [0.2, 0.25) is 16.7 Å². The van der Waals surface area contributed by atoms with Gasteiger partial charge in [-0.05, 0) is 42.5 Å². The Morgan fingerprint density at radius 3 is 2.62 bits per heavy atom. The zero-order valence-electron chi connectivity index (χ0n) is 13.1. The first-order valence-corrected chi connectivity index (χ1v) is 9.36. The van der Waals surface area contributed by atoms with Crippen LogP contribution in [-0.2, 0) is 28.1 Å². The van der Waals surface area contributed by atoms with Crippen LogP contribution in [0.5, 0.6) is 0 Å². The third kappa shape index (κ3) is 2.97. The number of hydroxylamine groups is 2. The standard InChI is InChI=1S/C16H19ClN2O4S/c17-14-4-3-12-5-8-18(10-13(12)9-14)15(24(22)23)16(19(21)11-20)6-1-2-7-16/h3-4,9,11,21H,1-2,5-8,10H2. The molecule has 0 aromatic heterocycles. The number of benzene rings is 1. The molecule has 0 saturated heterocycles. The van der Waals surface area contributed by atoms with Crippen molar-refractivity contribution in [3.63, 3.8) is 0 Å². The monoisotopic (exact) mass is 370 g/mol. The van der Waals surface area contributed by atoms with Crippen molar-refractivity contribution in [2.75, 3.05) is 6.54 Å². The molecule has 1 aliphatic heterocycles. The molecule has 130 valence electrons. The molecule has 1 aromatic rings. The molecule has 1 N–H and O–H groups in total. The molecule has 1 heterocycles. The minimum Gasteiger partial charge on any atom is -0.285 e. The number of hydrogen-bond donors (Lipinski definition) is 1. The summed E-state index contributed by atoms with van der Waals surface area (Å²) in [7, 11) is -2.54. The van der Waals surface area contributed by atoms with Gasteiger partial charge in [-0.15, -0.1) is 0 Å². The van der Waals surface area contributed by atoms with E-state index in [1.165, 1.54) is 0 Å². The van der Waals surface area contributed by atoms with Crippen LogP contribution in [0.25, 0.3) is 0 Å². The van der Waals surface area contributed by atoms with Gasteiger partial charge in [0.25, 0.3) is 0 Å². The average molecular weight is 371 g/mol. The van der Waals surface area contributed by atoms with Crippen LogP contribution in [0, 0.1) is 0 Å². The largest absolute Gasteiger partial charge is 0.285 e. The molecule has 0 bridgehead atoms. The maximum atomic E-state index is 12.0. The summed E-state index contributed by atoms with van der Waals surface area (Å²) in [6, 6.07) is 5.62. The summed E-state index contributed by atoms with van der Waals surface area (Å²) < 4.78 is 24.1. The van der Waals surface area contributed by atoms with Crippen LogP contribution in [0.4, 0.5) is 0 Å². The lowest BCUT2D eigenvalue weighted by molar-refractivity contribution is -0.168. The van der Waals surface area contributed by atoms with Gasteiger partial charge in [-0.25, -0.2) is 5.06 Å². The zero-order chi connectivity index (χ0) is 17.3. The lowest BCUT2D eigenvalue weighted by Gasteiger charge is -2.40. The van der Waals surface area contributed by atoms with Gasteiger partial charge >= 0.3 is 0 Å². The lowest BCUT2D eigenvalue weighted by Crippen LogP contribution is -2.58. The van der Waals surface area contributed by atoms with Crippen molar-refractivity contribution in [1.82, 2.24) is 9.96 Å². The van der Waals surface area contributed by atoms with Crippen LogP contribution < -0.4 is 0 Å². The highest BCUT2D eigenvalue weighted by atomic mass is 35.5. The minimum absolute atomic E-state index is 0.0974. The predicted molar refractivity (Wildman–Crippen MR) is 90.4 cm³/mol. The minimum atomic E-state index is -2.54. The first kappa shape index (κ1) is 17.4. The van der Waals surface area contributed by atoms with E-state index in [0.717, 1.165) is 24.0 Å². The van der Waals surface area contributed by atoms with Gasteiger partial charge in [-0.3, -0.25) is 14.9 Å². The SMILES string of the molecule is O=CN(O)C1(C(N2CCc3ccc(Cl)cc3C2)=S(=O)=O)CCCC1. The van der Waals surface area contributed by atoms with Gasteiger partial charge in [0, 0.05) is 18.1 Å². The quantitative estimate of drug-likeness (QED) is 0.380. The number of nitrogens with zero attached hydrogens (tertiary/aromatic N) is 2. The van der Waals surface area contributed by atoms with E-state index in [1.54, 1.807) is 4.90 Å². The van der Waals surface area contributed by atoms with E-state index >= 15 is 0 Å². The first-order chi connectivity index (χ1) is 11.5. The molecule has 0 unspecified atom stereocenters. The van der Waals surface area contributed by atoms with Crippen molar-refractivity contribution in [1.29, 1.82) is 0 Å². The molecule has 1 amide bonds. The van der Waals surface area contributed by atoms with Crippen LogP contribution in [0.3, 0.4) is 0 Å². The maximum absolute atomic E-state index is 12.0. The smallest absolute Gasteiger partial charge is 0.234 e. The summed E-state index contributed by atoms with van der Waals surface area (Å²) >= 11 is 6.05. The number of halogens is 1. The molecule has 0 radical (unpaired) electrons. The van der Waals surface area contributed by atoms with Crippen molar-refractivity contribution in [3.05, 3.63) is 34.3 Å². The molecule has 3 rings (SSSR count). The summed E-state index contributed by atoms with van der Waals surface area (Å²) in [5.41, 5.74) is 0.952. The van der Waals surface area contributed by atoms with Crippen molar-refractivity contribution >= 4 is 33.3 Å². The Morgan fingerprint density at radius 2 is 2.00 bits per heavy atom. The summed E-state index contributed by atoms with van der Waals surface area (Å²) in [4.78, 5) is 13.0. The third-order valence-corrected chi connectivity index (χ3v) is 6.18. The molecule has 0 spiro atoms. The average Bonchev–Trinajstić information content (AvgIpc) is 3.04. The van der Waals surface area contributed by atoms with E-state index in [9.17, 15) is 18.4 Å². The van der Waals surface area contributed by atoms with Gasteiger partial charge in [0.1, 0.15) is 10.5 Å². The van der Waals surface area contributed by atoms with Gasteiger partial charge < -0.3 is 0 Å². The predicted octanol–water partition coefficient (Wildman–Crippen LogP) is 1.87. The number of fused-ring (bicyclic) bond motifs is 1. The molecule has 6 nitrogen and oxygen atoms in total. The molecule has 1 fully saturated rings. The van der Waals surface area contributed by atoms with E-state index < -0.39 is 15.8 Å². The Labute approximate surface area is 147 Å². The molecule has 0 atom stereocenters. The van der Waals surface area contributed by atoms with Crippen LogP contribution >= 0.6 is 11.6 Å². The highest BCUT2D eigenvalue weighted by molar-refractivity contribution is 7.73. The molecular formula is C16H19ClN2O4S. The van der Waals surface area contributed by atoms with Gasteiger partial charge in [-0.1, -0.05) is 30.5 Å². The molecule has 1 saturated carbocycles. The molecular weight excluding hydrogens is 352 g/mol. The molecule has 8 heteroatoms. The fourth-order valence-corrected chi connectivity index (χ4v) is 5.02. The van der Waals surface area contributed by atoms with Crippen molar-refractivity contribution in [2.24, 2.45) is 0 Å². The number of carbonyl (C=O) groups excluding carboxylic acids is 1. The van der Waals surface area contributed by atoms with Crippen LogP contribution in [0.2, 0.25) is 5.02 Å². The molecule has 2 aliphatic rings. The fourth-order valence-electron chi connectivity index (χ4n) is 3.86. The van der Waals surface area contributed by atoms with Crippen LogP contribution in [0.1, 0.15) is 36.8 Å². The molecule has 1 aromatic carbocycles. The number of rotatable bonds is 3. The van der Waals surface area contributed by atoms with Gasteiger partial charge in [0.05, 0.1) is 0 Å². The Morgan fingerprint density at radius 1 is 1.29 bits per heavy atom. The van der Waals surface area contributed by atoms with Crippen molar-refractivity contribution in [2.45, 2.75) is 44.2 Å². The van der Waals surface area contributed by atoms with E-state index in [1.807, 2.05) is 18.2 Å². The summed E-state index contributed by atoms with van der Waals surface area (Å²) in [5.74, 6) is 0. The van der Waals surface area contributed by atoms with E-state index in [4.69, 9.17) is 11.6 Å². The maximum Gasteiger partial charge on any atom is 0.234 e. The van der Waals surface area contributed by atoms with Crippen molar-refractivity contribution in [3.8, 4) is 0 Å². The number of carbonyl (C=O) groups is 1. The summed E-state index contributed by atoms with van der Waals surface area (Å²) in [5, 5.41) is 11.3. The normalized spacial score (nSPS) is 19.6. The second-order valence-electron chi connectivity index (χ2n) is 6.31. The number of hydrogen-bond acceptors (Lipinski definition) is 4. The summed E-state index contributed by atoms with van der Waals surface area (Å²) in [6.07, 6.45) is 3.39. The van der Waals surface area contributed by atoms with Gasteiger partial charge in [-0.2, -0.15) is 8.42 Å². The van der Waals surface area contributed by atoms with Crippen LogP contribution in [-0.4, -0.2) is 47.1 Å². The molecule has 24 heavy (non-hydrogen) atoms. The Kier molecular flexibility index (Phi) is 4.96.